The number of hydrogen-bond acceptors (Lipinski definition) is 4. The van der Waals surface area contributed by atoms with E-state index in [1.165, 1.54) is 18.4 Å². The number of aliphatic hydroxyl groups is 2. The molecule has 2 fully saturated rings. The van der Waals surface area contributed by atoms with E-state index in [0.717, 1.165) is 31.4 Å². The first-order chi connectivity index (χ1) is 10.6. The Morgan fingerprint density at radius 3 is 2.82 bits per heavy atom. The van der Waals surface area contributed by atoms with E-state index >= 15 is 0 Å². The molecule has 0 aromatic rings. The molecule has 0 bridgehead atoms. The molecule has 0 radical (unpaired) electrons. The highest BCUT2D eigenvalue weighted by Crippen LogP contribution is 2.44. The van der Waals surface area contributed by atoms with Crippen LogP contribution in [0.2, 0.25) is 0 Å². The zero-order valence-electron chi connectivity index (χ0n) is 13.2. The first-order valence-electron chi connectivity index (χ1n) is 8.75. The average Bonchev–Trinajstić information content (AvgIpc) is 3.30. The number of fused-ring (bicyclic) bond motifs is 1. The number of rotatable bonds is 3. The molecule has 2 aliphatic carbocycles. The molecule has 5 atom stereocenters. The molecule has 2 saturated carbocycles. The minimum atomic E-state index is -0.477. The molecule has 5 unspecified atom stereocenters. The lowest BCUT2D eigenvalue weighted by molar-refractivity contribution is 0.0361. The maximum atomic E-state index is 11.1. The van der Waals surface area contributed by atoms with E-state index in [0.29, 0.717) is 5.92 Å². The Bertz CT molecular complexity index is 535. The van der Waals surface area contributed by atoms with Gasteiger partial charge in [-0.3, -0.25) is 4.99 Å². The molecular weight excluding hydrogens is 276 g/mol. The van der Waals surface area contributed by atoms with Crippen LogP contribution in [0.25, 0.3) is 0 Å². The van der Waals surface area contributed by atoms with Gasteiger partial charge in [0.25, 0.3) is 0 Å². The first-order valence-corrected chi connectivity index (χ1v) is 8.75. The summed E-state index contributed by atoms with van der Waals surface area (Å²) in [6.45, 7) is 2.13. The SMILES string of the molecule is CC1N=CN2C(C(O)C3CCCC(O)C3)=C(C3CC3)C=CC12. The lowest BCUT2D eigenvalue weighted by atomic mass is 9.80. The quantitative estimate of drug-likeness (QED) is 0.840. The van der Waals surface area contributed by atoms with Crippen LogP contribution in [0.15, 0.2) is 28.4 Å². The summed E-state index contributed by atoms with van der Waals surface area (Å²) < 4.78 is 0. The Morgan fingerprint density at radius 2 is 2.09 bits per heavy atom. The predicted octanol–water partition coefficient (Wildman–Crippen LogP) is 2.23. The van der Waals surface area contributed by atoms with Crippen molar-refractivity contribution in [3.05, 3.63) is 23.4 Å². The van der Waals surface area contributed by atoms with Crippen LogP contribution in [-0.2, 0) is 0 Å². The van der Waals surface area contributed by atoms with E-state index < -0.39 is 6.10 Å². The molecule has 2 N–H and O–H groups in total. The van der Waals surface area contributed by atoms with E-state index in [4.69, 9.17) is 0 Å². The lowest BCUT2D eigenvalue weighted by Crippen LogP contribution is -2.43. The fraction of sp³-hybridized carbons (Fsp3) is 0.722. The molecule has 0 saturated heterocycles. The van der Waals surface area contributed by atoms with Gasteiger partial charge < -0.3 is 15.1 Å². The van der Waals surface area contributed by atoms with Gasteiger partial charge in [0.2, 0.25) is 0 Å². The van der Waals surface area contributed by atoms with Crippen molar-refractivity contribution in [3.63, 3.8) is 0 Å². The van der Waals surface area contributed by atoms with Crippen molar-refractivity contribution in [2.45, 2.75) is 69.7 Å². The van der Waals surface area contributed by atoms with Crippen molar-refractivity contribution in [3.8, 4) is 0 Å². The Morgan fingerprint density at radius 1 is 1.27 bits per heavy atom. The molecule has 0 spiro atoms. The monoisotopic (exact) mass is 302 g/mol. The summed E-state index contributed by atoms with van der Waals surface area (Å²) in [6, 6.07) is 0.497. The summed E-state index contributed by atoms with van der Waals surface area (Å²) in [4.78, 5) is 6.74. The van der Waals surface area contributed by atoms with Crippen molar-refractivity contribution in [1.29, 1.82) is 0 Å². The molecule has 2 heterocycles. The van der Waals surface area contributed by atoms with Crippen molar-refractivity contribution >= 4 is 6.34 Å². The minimum Gasteiger partial charge on any atom is -0.393 e. The van der Waals surface area contributed by atoms with E-state index in [2.05, 4.69) is 29.0 Å². The van der Waals surface area contributed by atoms with Crippen LogP contribution in [-0.4, -0.2) is 45.7 Å². The fourth-order valence-corrected chi connectivity index (χ4v) is 4.26. The maximum Gasteiger partial charge on any atom is 0.0972 e. The van der Waals surface area contributed by atoms with Gasteiger partial charge in [-0.25, -0.2) is 0 Å². The van der Waals surface area contributed by atoms with Crippen LogP contribution in [0.5, 0.6) is 0 Å². The number of allylic oxidation sites excluding steroid dienone is 2. The molecular formula is C18H26N2O2. The van der Waals surface area contributed by atoms with Gasteiger partial charge in [-0.2, -0.15) is 0 Å². The van der Waals surface area contributed by atoms with E-state index in [1.807, 2.05) is 6.34 Å². The van der Waals surface area contributed by atoms with Gasteiger partial charge >= 0.3 is 0 Å². The number of nitrogens with zero attached hydrogens (tertiary/aromatic N) is 2. The van der Waals surface area contributed by atoms with Crippen LogP contribution < -0.4 is 0 Å². The second-order valence-corrected chi connectivity index (χ2v) is 7.40. The number of aliphatic hydroxyl groups excluding tert-OH is 2. The summed E-state index contributed by atoms with van der Waals surface area (Å²) in [5.74, 6) is 0.781. The van der Waals surface area contributed by atoms with Crippen molar-refractivity contribution in [2.75, 3.05) is 0 Å². The maximum absolute atomic E-state index is 11.1. The Hall–Kier alpha value is -1.13. The van der Waals surface area contributed by atoms with E-state index in [-0.39, 0.29) is 24.1 Å². The minimum absolute atomic E-state index is 0.170. The van der Waals surface area contributed by atoms with Gasteiger partial charge in [0, 0.05) is 0 Å². The van der Waals surface area contributed by atoms with Gasteiger partial charge in [-0.05, 0) is 56.4 Å². The highest BCUT2D eigenvalue weighted by atomic mass is 16.3. The highest BCUT2D eigenvalue weighted by molar-refractivity contribution is 5.65. The zero-order valence-corrected chi connectivity index (χ0v) is 13.2. The van der Waals surface area contributed by atoms with E-state index in [1.54, 1.807) is 0 Å². The van der Waals surface area contributed by atoms with Gasteiger partial charge in [0.1, 0.15) is 0 Å². The smallest absolute Gasteiger partial charge is 0.0972 e. The van der Waals surface area contributed by atoms with Crippen LogP contribution >= 0.6 is 0 Å². The Labute approximate surface area is 132 Å². The summed E-state index contributed by atoms with van der Waals surface area (Å²) in [6.07, 6.45) is 11.8. The second kappa shape index (κ2) is 5.50. The molecule has 120 valence electrons. The third-order valence-electron chi connectivity index (χ3n) is 5.72. The molecule has 0 aromatic heterocycles. The van der Waals surface area contributed by atoms with Crippen LogP contribution in [0.3, 0.4) is 0 Å². The van der Waals surface area contributed by atoms with Gasteiger partial charge in [-0.15, -0.1) is 0 Å². The van der Waals surface area contributed by atoms with Crippen molar-refractivity contribution < 1.29 is 10.2 Å². The van der Waals surface area contributed by atoms with E-state index in [9.17, 15) is 10.2 Å². The topological polar surface area (TPSA) is 56.1 Å². The second-order valence-electron chi connectivity index (χ2n) is 7.40. The molecule has 0 amide bonds. The van der Waals surface area contributed by atoms with Crippen LogP contribution in [0.1, 0.15) is 45.4 Å². The van der Waals surface area contributed by atoms with Gasteiger partial charge in [0.05, 0.1) is 36.3 Å². The third kappa shape index (κ3) is 2.42. The predicted molar refractivity (Wildman–Crippen MR) is 86.4 cm³/mol. The Balaban J connectivity index is 1.65. The number of hydrogen-bond donors (Lipinski definition) is 2. The largest absolute Gasteiger partial charge is 0.393 e. The molecule has 4 heteroatoms. The standard InChI is InChI=1S/C18H26N2O2/c1-11-16-8-7-15(12-5-6-12)17(20(16)10-19-11)18(22)13-3-2-4-14(21)9-13/h7-8,10-14,16,18,21-22H,2-6,9H2,1H3. The molecule has 0 aromatic carbocycles. The summed E-state index contributed by atoms with van der Waals surface area (Å²) in [5, 5.41) is 21.1. The molecule has 2 aliphatic heterocycles. The lowest BCUT2D eigenvalue weighted by Gasteiger charge is -2.39. The van der Waals surface area contributed by atoms with Crippen molar-refractivity contribution in [1.82, 2.24) is 4.90 Å². The zero-order chi connectivity index (χ0) is 15.3. The van der Waals surface area contributed by atoms with Crippen LogP contribution in [0.4, 0.5) is 0 Å². The van der Waals surface area contributed by atoms with Gasteiger partial charge in [-0.1, -0.05) is 18.6 Å². The van der Waals surface area contributed by atoms with Crippen LogP contribution in [0, 0.1) is 11.8 Å². The highest BCUT2D eigenvalue weighted by Gasteiger charge is 2.41. The van der Waals surface area contributed by atoms with Gasteiger partial charge in [0.15, 0.2) is 0 Å². The summed E-state index contributed by atoms with van der Waals surface area (Å²) >= 11 is 0. The summed E-state index contributed by atoms with van der Waals surface area (Å²) in [5.41, 5.74) is 2.38. The summed E-state index contributed by atoms with van der Waals surface area (Å²) in [7, 11) is 0. The van der Waals surface area contributed by atoms with Crippen molar-refractivity contribution in [2.24, 2.45) is 16.8 Å². The Kier molecular flexibility index (Phi) is 3.61. The third-order valence-corrected chi connectivity index (χ3v) is 5.72. The molecule has 4 rings (SSSR count). The average molecular weight is 302 g/mol. The molecule has 4 aliphatic rings. The first kappa shape index (κ1) is 14.5. The molecule has 22 heavy (non-hydrogen) atoms. The normalized spacial score (nSPS) is 39.3. The molecule has 4 nitrogen and oxygen atoms in total. The fourth-order valence-electron chi connectivity index (χ4n) is 4.26. The number of aliphatic imine (C=N–C) groups is 1.